The number of aliphatic hydroxyl groups excluding tert-OH is 1. The summed E-state index contributed by atoms with van der Waals surface area (Å²) in [5.74, 6) is 0. The molecular formula is C12H19NO. The van der Waals surface area contributed by atoms with E-state index in [1.54, 1.807) is 6.92 Å². The maximum absolute atomic E-state index is 9.08. The van der Waals surface area contributed by atoms with Crippen LogP contribution in [0, 0.1) is 13.8 Å². The van der Waals surface area contributed by atoms with E-state index in [-0.39, 0.29) is 6.10 Å². The first-order valence-corrected chi connectivity index (χ1v) is 5.04. The standard InChI is InChI=1S/C12H19NO/c1-9-4-5-12(10(2)6-9)8-13-7-11(3)14/h4-6,11,13-14H,7-8H2,1-3H3/t11-/m1/s1. The van der Waals surface area contributed by atoms with Crippen molar-refractivity contribution in [3.05, 3.63) is 34.9 Å². The zero-order valence-electron chi connectivity index (χ0n) is 9.17. The van der Waals surface area contributed by atoms with Crippen molar-refractivity contribution < 1.29 is 5.11 Å². The summed E-state index contributed by atoms with van der Waals surface area (Å²) in [5, 5.41) is 12.3. The maximum atomic E-state index is 9.08. The van der Waals surface area contributed by atoms with E-state index in [2.05, 4.69) is 37.4 Å². The maximum Gasteiger partial charge on any atom is 0.0636 e. The van der Waals surface area contributed by atoms with E-state index in [1.165, 1.54) is 16.7 Å². The molecule has 1 aromatic carbocycles. The molecule has 2 N–H and O–H groups in total. The highest BCUT2D eigenvalue weighted by molar-refractivity contribution is 5.30. The molecule has 0 amide bonds. The molecule has 0 bridgehead atoms. The van der Waals surface area contributed by atoms with Gasteiger partial charge < -0.3 is 10.4 Å². The average molecular weight is 193 g/mol. The number of hydrogen-bond donors (Lipinski definition) is 2. The molecule has 0 fully saturated rings. The molecule has 1 atom stereocenters. The number of aliphatic hydroxyl groups is 1. The SMILES string of the molecule is Cc1ccc(CNC[C@@H](C)O)c(C)c1. The van der Waals surface area contributed by atoms with Crippen molar-refractivity contribution in [3.8, 4) is 0 Å². The fourth-order valence-electron chi connectivity index (χ4n) is 1.46. The highest BCUT2D eigenvalue weighted by Gasteiger charge is 1.99. The van der Waals surface area contributed by atoms with Crippen LogP contribution >= 0.6 is 0 Å². The molecule has 0 aliphatic carbocycles. The van der Waals surface area contributed by atoms with Crippen molar-refractivity contribution in [2.75, 3.05) is 6.54 Å². The number of benzene rings is 1. The van der Waals surface area contributed by atoms with E-state index in [4.69, 9.17) is 5.11 Å². The first-order valence-electron chi connectivity index (χ1n) is 5.04. The van der Waals surface area contributed by atoms with Gasteiger partial charge in [0.15, 0.2) is 0 Å². The molecule has 0 aromatic heterocycles. The smallest absolute Gasteiger partial charge is 0.0636 e. The third-order valence-electron chi connectivity index (χ3n) is 2.25. The molecule has 78 valence electrons. The number of aryl methyl sites for hydroxylation is 2. The number of nitrogens with one attached hydrogen (secondary N) is 1. The number of rotatable bonds is 4. The molecular weight excluding hydrogens is 174 g/mol. The molecule has 0 saturated heterocycles. The van der Waals surface area contributed by atoms with Crippen LogP contribution in [0.5, 0.6) is 0 Å². The Morgan fingerprint density at radius 1 is 1.36 bits per heavy atom. The summed E-state index contributed by atoms with van der Waals surface area (Å²) < 4.78 is 0. The minimum atomic E-state index is -0.277. The van der Waals surface area contributed by atoms with Crippen LogP contribution in [0.25, 0.3) is 0 Å². The van der Waals surface area contributed by atoms with Crippen LogP contribution in [-0.2, 0) is 6.54 Å². The van der Waals surface area contributed by atoms with E-state index < -0.39 is 0 Å². The van der Waals surface area contributed by atoms with Gasteiger partial charge in [-0.1, -0.05) is 23.8 Å². The van der Waals surface area contributed by atoms with Crippen LogP contribution in [0.3, 0.4) is 0 Å². The van der Waals surface area contributed by atoms with Gasteiger partial charge in [0.2, 0.25) is 0 Å². The van der Waals surface area contributed by atoms with Crippen LogP contribution in [0.2, 0.25) is 0 Å². The second-order valence-electron chi connectivity index (χ2n) is 3.91. The Hall–Kier alpha value is -0.860. The highest BCUT2D eigenvalue weighted by Crippen LogP contribution is 2.09. The normalized spacial score (nSPS) is 12.9. The van der Waals surface area contributed by atoms with Crippen molar-refractivity contribution in [2.24, 2.45) is 0 Å². The highest BCUT2D eigenvalue weighted by atomic mass is 16.3. The lowest BCUT2D eigenvalue weighted by molar-refractivity contribution is 0.191. The van der Waals surface area contributed by atoms with Crippen molar-refractivity contribution in [3.63, 3.8) is 0 Å². The lowest BCUT2D eigenvalue weighted by atomic mass is 10.1. The van der Waals surface area contributed by atoms with E-state index >= 15 is 0 Å². The Labute approximate surface area is 86.0 Å². The molecule has 2 nitrogen and oxygen atoms in total. The van der Waals surface area contributed by atoms with Crippen LogP contribution in [0.1, 0.15) is 23.6 Å². The van der Waals surface area contributed by atoms with Crippen molar-refractivity contribution in [2.45, 2.75) is 33.4 Å². The Balaban J connectivity index is 2.51. The van der Waals surface area contributed by atoms with Gasteiger partial charge in [-0.2, -0.15) is 0 Å². The third kappa shape index (κ3) is 3.48. The van der Waals surface area contributed by atoms with Crippen LogP contribution < -0.4 is 5.32 Å². The Morgan fingerprint density at radius 2 is 2.07 bits per heavy atom. The van der Waals surface area contributed by atoms with Gasteiger partial charge in [0, 0.05) is 13.1 Å². The summed E-state index contributed by atoms with van der Waals surface area (Å²) in [7, 11) is 0. The summed E-state index contributed by atoms with van der Waals surface area (Å²) in [6, 6.07) is 6.44. The van der Waals surface area contributed by atoms with Gasteiger partial charge in [-0.15, -0.1) is 0 Å². The zero-order valence-corrected chi connectivity index (χ0v) is 9.17. The molecule has 0 saturated carbocycles. The molecule has 0 heterocycles. The van der Waals surface area contributed by atoms with Gasteiger partial charge in [0.25, 0.3) is 0 Å². The van der Waals surface area contributed by atoms with Gasteiger partial charge in [-0.25, -0.2) is 0 Å². The molecule has 1 aromatic rings. The van der Waals surface area contributed by atoms with Gasteiger partial charge in [-0.3, -0.25) is 0 Å². The topological polar surface area (TPSA) is 32.3 Å². The van der Waals surface area contributed by atoms with E-state index in [1.807, 2.05) is 0 Å². The summed E-state index contributed by atoms with van der Waals surface area (Å²) in [6.07, 6.45) is -0.277. The quantitative estimate of drug-likeness (QED) is 0.764. The Bertz CT molecular complexity index is 294. The second-order valence-corrected chi connectivity index (χ2v) is 3.91. The Kier molecular flexibility index (Phi) is 4.11. The molecule has 0 unspecified atom stereocenters. The molecule has 14 heavy (non-hydrogen) atoms. The molecule has 2 heteroatoms. The number of hydrogen-bond acceptors (Lipinski definition) is 2. The summed E-state index contributed by atoms with van der Waals surface area (Å²) in [4.78, 5) is 0. The van der Waals surface area contributed by atoms with Crippen LogP contribution in [-0.4, -0.2) is 17.8 Å². The fraction of sp³-hybridized carbons (Fsp3) is 0.500. The molecule has 0 radical (unpaired) electrons. The molecule has 1 rings (SSSR count). The average Bonchev–Trinajstić information content (AvgIpc) is 2.08. The first kappa shape index (κ1) is 11.2. The first-order chi connectivity index (χ1) is 6.59. The van der Waals surface area contributed by atoms with Gasteiger partial charge in [0.05, 0.1) is 6.10 Å². The zero-order chi connectivity index (χ0) is 10.6. The lowest BCUT2D eigenvalue weighted by Crippen LogP contribution is -2.24. The van der Waals surface area contributed by atoms with E-state index in [0.29, 0.717) is 6.54 Å². The summed E-state index contributed by atoms with van der Waals surface area (Å²) >= 11 is 0. The predicted octanol–water partition coefficient (Wildman–Crippen LogP) is 1.77. The van der Waals surface area contributed by atoms with E-state index in [9.17, 15) is 0 Å². The largest absolute Gasteiger partial charge is 0.392 e. The van der Waals surface area contributed by atoms with Crippen LogP contribution in [0.4, 0.5) is 0 Å². The summed E-state index contributed by atoms with van der Waals surface area (Å²) in [6.45, 7) is 7.48. The Morgan fingerprint density at radius 3 is 2.64 bits per heavy atom. The lowest BCUT2D eigenvalue weighted by Gasteiger charge is -2.09. The minimum Gasteiger partial charge on any atom is -0.392 e. The molecule has 0 spiro atoms. The van der Waals surface area contributed by atoms with Gasteiger partial charge in [-0.05, 0) is 31.9 Å². The fourth-order valence-corrected chi connectivity index (χ4v) is 1.46. The van der Waals surface area contributed by atoms with Crippen LogP contribution in [0.15, 0.2) is 18.2 Å². The monoisotopic (exact) mass is 193 g/mol. The molecule has 0 aliphatic heterocycles. The second kappa shape index (κ2) is 5.13. The van der Waals surface area contributed by atoms with Crippen molar-refractivity contribution in [1.82, 2.24) is 5.32 Å². The van der Waals surface area contributed by atoms with Gasteiger partial charge in [0.1, 0.15) is 0 Å². The van der Waals surface area contributed by atoms with Crippen molar-refractivity contribution >= 4 is 0 Å². The summed E-state index contributed by atoms with van der Waals surface area (Å²) in [5.41, 5.74) is 3.90. The minimum absolute atomic E-state index is 0.277. The molecule has 0 aliphatic rings. The predicted molar refractivity (Wildman–Crippen MR) is 59.3 cm³/mol. The van der Waals surface area contributed by atoms with Crippen molar-refractivity contribution in [1.29, 1.82) is 0 Å². The third-order valence-corrected chi connectivity index (χ3v) is 2.25. The van der Waals surface area contributed by atoms with E-state index in [0.717, 1.165) is 6.54 Å². The van der Waals surface area contributed by atoms with Gasteiger partial charge >= 0.3 is 0 Å².